The van der Waals surface area contributed by atoms with E-state index in [2.05, 4.69) is 39.5 Å². The Kier molecular flexibility index (Phi) is 56.2. The first-order valence-electron chi connectivity index (χ1n) is 5.19. The standard InChI is InChI=1S/C6H16O3Si.3C2H4/c1-4-7-10(8-5-2)9-6-3;3*1-2/h10H,4-6H2,1-3H3;3*1-2H2. The van der Waals surface area contributed by atoms with Gasteiger partial charge in [-0.2, -0.15) is 0 Å². The summed E-state index contributed by atoms with van der Waals surface area (Å²) in [6, 6.07) is 0. The molecule has 0 aliphatic rings. The van der Waals surface area contributed by atoms with E-state index in [1.165, 1.54) is 0 Å². The Balaban J connectivity index is -0.000000103. The first-order valence-corrected chi connectivity index (χ1v) is 6.61. The first-order chi connectivity index (χ1) is 7.85. The maximum absolute atomic E-state index is 5.22. The number of rotatable bonds is 6. The van der Waals surface area contributed by atoms with Crippen LogP contribution in [0.5, 0.6) is 0 Å². The summed E-state index contributed by atoms with van der Waals surface area (Å²) in [7, 11) is -1.73. The Bertz CT molecular complexity index is 83.2. The molecule has 0 amide bonds. The summed E-state index contributed by atoms with van der Waals surface area (Å²) in [6.07, 6.45) is 0. The summed E-state index contributed by atoms with van der Waals surface area (Å²) in [5.74, 6) is 0. The van der Waals surface area contributed by atoms with Gasteiger partial charge in [-0.15, -0.1) is 39.5 Å². The van der Waals surface area contributed by atoms with Crippen molar-refractivity contribution in [2.75, 3.05) is 19.8 Å². The molecular weight excluding hydrogens is 220 g/mol. The van der Waals surface area contributed by atoms with Crippen LogP contribution in [0.15, 0.2) is 39.5 Å². The van der Waals surface area contributed by atoms with Crippen molar-refractivity contribution in [2.45, 2.75) is 20.8 Å². The van der Waals surface area contributed by atoms with E-state index in [1.807, 2.05) is 20.8 Å². The summed E-state index contributed by atoms with van der Waals surface area (Å²) in [6.45, 7) is 25.9. The zero-order valence-electron chi connectivity index (χ0n) is 11.2. The average Bonchev–Trinajstić information content (AvgIpc) is 2.38. The molecule has 0 heterocycles. The van der Waals surface area contributed by atoms with E-state index in [-0.39, 0.29) is 0 Å². The van der Waals surface area contributed by atoms with Crippen molar-refractivity contribution >= 4 is 9.53 Å². The quantitative estimate of drug-likeness (QED) is 0.533. The molecular formula is C12H28O3Si. The molecule has 98 valence electrons. The second-order valence-electron chi connectivity index (χ2n) is 1.65. The molecule has 0 bridgehead atoms. The van der Waals surface area contributed by atoms with Gasteiger partial charge in [0.05, 0.1) is 0 Å². The van der Waals surface area contributed by atoms with E-state index in [0.717, 1.165) is 0 Å². The monoisotopic (exact) mass is 248 g/mol. The van der Waals surface area contributed by atoms with Crippen molar-refractivity contribution < 1.29 is 13.3 Å². The topological polar surface area (TPSA) is 27.7 Å². The Labute approximate surface area is 103 Å². The molecule has 0 aliphatic carbocycles. The van der Waals surface area contributed by atoms with Crippen molar-refractivity contribution in [3.63, 3.8) is 0 Å². The Morgan fingerprint density at radius 3 is 0.938 bits per heavy atom. The molecule has 0 aromatic heterocycles. The Hall–Kier alpha value is -0.683. The van der Waals surface area contributed by atoms with Gasteiger partial charge in [0, 0.05) is 19.8 Å². The number of hydrogen-bond acceptors (Lipinski definition) is 3. The van der Waals surface area contributed by atoms with Crippen molar-refractivity contribution in [1.82, 2.24) is 0 Å². The lowest BCUT2D eigenvalue weighted by molar-refractivity contribution is 0.107. The summed E-state index contributed by atoms with van der Waals surface area (Å²) in [4.78, 5) is 0. The SMILES string of the molecule is C=C.C=C.C=C.CCO[SiH](OCC)OCC. The van der Waals surface area contributed by atoms with Gasteiger partial charge in [-0.1, -0.05) is 0 Å². The minimum Gasteiger partial charge on any atom is -0.376 e. The van der Waals surface area contributed by atoms with Crippen LogP contribution in [0.3, 0.4) is 0 Å². The molecule has 3 nitrogen and oxygen atoms in total. The van der Waals surface area contributed by atoms with Gasteiger partial charge in [-0.3, -0.25) is 0 Å². The van der Waals surface area contributed by atoms with Gasteiger partial charge < -0.3 is 13.3 Å². The van der Waals surface area contributed by atoms with E-state index >= 15 is 0 Å². The van der Waals surface area contributed by atoms with Gasteiger partial charge in [0.2, 0.25) is 0 Å². The average molecular weight is 248 g/mol. The van der Waals surface area contributed by atoms with Crippen LogP contribution in [0.2, 0.25) is 0 Å². The van der Waals surface area contributed by atoms with Crippen molar-refractivity contribution in [1.29, 1.82) is 0 Å². The molecule has 0 saturated carbocycles. The normalized spacial score (nSPS) is 7.50. The van der Waals surface area contributed by atoms with Crippen LogP contribution in [0.25, 0.3) is 0 Å². The molecule has 0 radical (unpaired) electrons. The van der Waals surface area contributed by atoms with Crippen LogP contribution in [0.4, 0.5) is 0 Å². The molecule has 0 unspecified atom stereocenters. The summed E-state index contributed by atoms with van der Waals surface area (Å²) in [5, 5.41) is 0. The molecule has 0 aliphatic heterocycles. The van der Waals surface area contributed by atoms with E-state index in [1.54, 1.807) is 0 Å². The largest absolute Gasteiger partial charge is 0.484 e. The van der Waals surface area contributed by atoms with E-state index < -0.39 is 9.53 Å². The minimum absolute atomic E-state index is 0.677. The molecule has 0 rings (SSSR count). The number of hydrogen-bond donors (Lipinski definition) is 0. The predicted molar refractivity (Wildman–Crippen MR) is 75.8 cm³/mol. The van der Waals surface area contributed by atoms with Crippen molar-refractivity contribution in [3.8, 4) is 0 Å². The van der Waals surface area contributed by atoms with Crippen LogP contribution >= 0.6 is 0 Å². The fraction of sp³-hybridized carbons (Fsp3) is 0.500. The van der Waals surface area contributed by atoms with E-state index in [0.29, 0.717) is 19.8 Å². The molecule has 4 heteroatoms. The van der Waals surface area contributed by atoms with Crippen molar-refractivity contribution in [2.24, 2.45) is 0 Å². The fourth-order valence-electron chi connectivity index (χ4n) is 0.553. The van der Waals surface area contributed by atoms with Gasteiger partial charge >= 0.3 is 9.53 Å². The smallest absolute Gasteiger partial charge is 0.376 e. The first kappa shape index (κ1) is 24.5. The highest BCUT2D eigenvalue weighted by Gasteiger charge is 2.11. The van der Waals surface area contributed by atoms with Gasteiger partial charge in [0.15, 0.2) is 0 Å². The van der Waals surface area contributed by atoms with Crippen LogP contribution in [-0.4, -0.2) is 29.3 Å². The summed E-state index contributed by atoms with van der Waals surface area (Å²) < 4.78 is 15.7. The maximum Gasteiger partial charge on any atom is 0.484 e. The second-order valence-corrected chi connectivity index (χ2v) is 3.23. The van der Waals surface area contributed by atoms with Gasteiger partial charge in [0.1, 0.15) is 0 Å². The molecule has 0 N–H and O–H groups in total. The molecule has 0 atom stereocenters. The second kappa shape index (κ2) is 36.7. The fourth-order valence-corrected chi connectivity index (χ4v) is 1.66. The highest BCUT2D eigenvalue weighted by molar-refractivity contribution is 6.36. The summed E-state index contributed by atoms with van der Waals surface area (Å²) in [5.41, 5.74) is 0. The lowest BCUT2D eigenvalue weighted by atomic mass is 10.9. The molecule has 0 aromatic carbocycles. The van der Waals surface area contributed by atoms with Gasteiger partial charge in [-0.05, 0) is 20.8 Å². The molecule has 16 heavy (non-hydrogen) atoms. The Morgan fingerprint density at radius 1 is 0.625 bits per heavy atom. The molecule has 0 spiro atoms. The maximum atomic E-state index is 5.22. The highest BCUT2D eigenvalue weighted by Crippen LogP contribution is 1.90. The van der Waals surface area contributed by atoms with Crippen LogP contribution in [0.1, 0.15) is 20.8 Å². The lowest BCUT2D eigenvalue weighted by Crippen LogP contribution is -2.27. The third-order valence-corrected chi connectivity index (χ3v) is 2.72. The van der Waals surface area contributed by atoms with Crippen LogP contribution < -0.4 is 0 Å². The van der Waals surface area contributed by atoms with Gasteiger partial charge in [0.25, 0.3) is 0 Å². The lowest BCUT2D eigenvalue weighted by Gasteiger charge is -2.12. The third-order valence-electron chi connectivity index (χ3n) is 0.908. The highest BCUT2D eigenvalue weighted by atomic mass is 28.3. The Morgan fingerprint density at radius 2 is 0.812 bits per heavy atom. The van der Waals surface area contributed by atoms with Crippen LogP contribution in [-0.2, 0) is 13.3 Å². The summed E-state index contributed by atoms with van der Waals surface area (Å²) >= 11 is 0. The van der Waals surface area contributed by atoms with Crippen molar-refractivity contribution in [3.05, 3.63) is 39.5 Å². The van der Waals surface area contributed by atoms with Crippen LogP contribution in [0, 0.1) is 0 Å². The molecule has 0 fully saturated rings. The minimum atomic E-state index is -1.73. The molecule has 0 aromatic rings. The van der Waals surface area contributed by atoms with E-state index in [9.17, 15) is 0 Å². The predicted octanol–water partition coefficient (Wildman–Crippen LogP) is 3.22. The zero-order chi connectivity index (χ0) is 13.8. The molecule has 0 saturated heterocycles. The third kappa shape index (κ3) is 29.2. The van der Waals surface area contributed by atoms with E-state index in [4.69, 9.17) is 13.3 Å². The van der Waals surface area contributed by atoms with Gasteiger partial charge in [-0.25, -0.2) is 0 Å². The zero-order valence-corrected chi connectivity index (χ0v) is 12.3.